The van der Waals surface area contributed by atoms with Gasteiger partial charge in [0, 0.05) is 24.4 Å². The molecule has 0 aromatic heterocycles. The van der Waals surface area contributed by atoms with E-state index in [1.807, 2.05) is 0 Å². The van der Waals surface area contributed by atoms with E-state index in [0.29, 0.717) is 28.5 Å². The van der Waals surface area contributed by atoms with Gasteiger partial charge in [0.05, 0.1) is 21.3 Å². The lowest BCUT2D eigenvalue weighted by Gasteiger charge is -2.12. The number of hydrogen-bond donors (Lipinski definition) is 2. The molecule has 0 saturated heterocycles. The number of hydrogen-bond acceptors (Lipinski definition) is 5. The number of ether oxygens (including phenoxy) is 3. The number of methoxy groups -OCH3 is 3. The molecule has 0 heterocycles. The number of nitrogens with one attached hydrogen (secondary N) is 2. The molecule has 0 aliphatic heterocycles. The molecule has 0 bridgehead atoms. The van der Waals surface area contributed by atoms with E-state index in [0.717, 1.165) is 5.56 Å². The molecule has 0 atom stereocenters. The summed E-state index contributed by atoms with van der Waals surface area (Å²) in [6.07, 6.45) is 3.03. The standard InChI is InChI=1S/C20H22N2O5/c1-21-20(24)14-6-8-15(9-7-14)22-18(23)10-5-13-11-16(25-2)19(27-4)17(12-13)26-3/h5-12H,1-4H3,(H,21,24)(H,22,23)/b10-5+. The molecule has 2 N–H and O–H groups in total. The summed E-state index contributed by atoms with van der Waals surface area (Å²) in [5.74, 6) is 0.993. The van der Waals surface area contributed by atoms with Crippen molar-refractivity contribution in [2.24, 2.45) is 0 Å². The van der Waals surface area contributed by atoms with Crippen LogP contribution >= 0.6 is 0 Å². The van der Waals surface area contributed by atoms with Gasteiger partial charge in [-0.05, 0) is 48.0 Å². The predicted octanol–water partition coefficient (Wildman–Crippen LogP) is 2.72. The molecule has 7 nitrogen and oxygen atoms in total. The Morgan fingerprint density at radius 2 is 1.52 bits per heavy atom. The maximum absolute atomic E-state index is 12.1. The molecule has 142 valence electrons. The number of benzene rings is 2. The summed E-state index contributed by atoms with van der Waals surface area (Å²) < 4.78 is 15.8. The summed E-state index contributed by atoms with van der Waals surface area (Å²) in [4.78, 5) is 23.6. The minimum Gasteiger partial charge on any atom is -0.493 e. The van der Waals surface area contributed by atoms with Gasteiger partial charge in [0.1, 0.15) is 0 Å². The molecule has 2 aromatic carbocycles. The molecule has 0 spiro atoms. The van der Waals surface area contributed by atoms with Crippen LogP contribution in [0.4, 0.5) is 5.69 Å². The highest BCUT2D eigenvalue weighted by molar-refractivity contribution is 6.02. The fraction of sp³-hybridized carbons (Fsp3) is 0.200. The third kappa shape index (κ3) is 5.01. The maximum atomic E-state index is 12.1. The fourth-order valence-corrected chi connectivity index (χ4v) is 2.40. The molecule has 0 aliphatic carbocycles. The normalized spacial score (nSPS) is 10.4. The van der Waals surface area contributed by atoms with Crippen molar-refractivity contribution >= 4 is 23.6 Å². The van der Waals surface area contributed by atoms with Crippen LogP contribution < -0.4 is 24.8 Å². The Bertz CT molecular complexity index is 819. The number of anilines is 1. The number of amides is 2. The van der Waals surface area contributed by atoms with E-state index < -0.39 is 0 Å². The number of carbonyl (C=O) groups excluding carboxylic acids is 2. The quantitative estimate of drug-likeness (QED) is 0.732. The lowest BCUT2D eigenvalue weighted by Crippen LogP contribution is -2.17. The third-order valence-corrected chi connectivity index (χ3v) is 3.76. The highest BCUT2D eigenvalue weighted by Crippen LogP contribution is 2.38. The van der Waals surface area contributed by atoms with E-state index >= 15 is 0 Å². The highest BCUT2D eigenvalue weighted by Gasteiger charge is 2.12. The second-order valence-corrected chi connectivity index (χ2v) is 5.44. The summed E-state index contributed by atoms with van der Waals surface area (Å²) in [5, 5.41) is 5.27. The molecule has 0 radical (unpaired) electrons. The predicted molar refractivity (Wildman–Crippen MR) is 104 cm³/mol. The molecule has 0 aliphatic rings. The van der Waals surface area contributed by atoms with Crippen LogP contribution in [-0.4, -0.2) is 40.2 Å². The summed E-state index contributed by atoms with van der Waals surface area (Å²) in [7, 11) is 6.14. The van der Waals surface area contributed by atoms with E-state index in [4.69, 9.17) is 14.2 Å². The molecule has 7 heteroatoms. The fourth-order valence-electron chi connectivity index (χ4n) is 2.40. The summed E-state index contributed by atoms with van der Waals surface area (Å²) in [6.45, 7) is 0. The zero-order chi connectivity index (χ0) is 19.8. The van der Waals surface area contributed by atoms with Gasteiger partial charge in [-0.2, -0.15) is 0 Å². The van der Waals surface area contributed by atoms with Crippen molar-refractivity contribution in [3.05, 3.63) is 53.6 Å². The zero-order valence-electron chi connectivity index (χ0n) is 15.7. The number of rotatable bonds is 7. The topological polar surface area (TPSA) is 85.9 Å². The Balaban J connectivity index is 2.11. The first-order valence-corrected chi connectivity index (χ1v) is 8.13. The van der Waals surface area contributed by atoms with E-state index in [-0.39, 0.29) is 11.8 Å². The summed E-state index contributed by atoms with van der Waals surface area (Å²) in [5.41, 5.74) is 1.82. The van der Waals surface area contributed by atoms with E-state index in [1.54, 1.807) is 49.5 Å². The smallest absolute Gasteiger partial charge is 0.251 e. The van der Waals surface area contributed by atoms with Crippen molar-refractivity contribution in [1.82, 2.24) is 5.32 Å². The van der Waals surface area contributed by atoms with Gasteiger partial charge in [-0.25, -0.2) is 0 Å². The van der Waals surface area contributed by atoms with Gasteiger partial charge in [0.2, 0.25) is 11.7 Å². The van der Waals surface area contributed by atoms with Crippen molar-refractivity contribution in [1.29, 1.82) is 0 Å². The van der Waals surface area contributed by atoms with Gasteiger partial charge in [-0.1, -0.05) is 0 Å². The second kappa shape index (κ2) is 9.28. The van der Waals surface area contributed by atoms with E-state index in [2.05, 4.69) is 10.6 Å². The van der Waals surface area contributed by atoms with Crippen LogP contribution in [-0.2, 0) is 4.79 Å². The maximum Gasteiger partial charge on any atom is 0.251 e. The highest BCUT2D eigenvalue weighted by atomic mass is 16.5. The lowest BCUT2D eigenvalue weighted by atomic mass is 10.1. The zero-order valence-corrected chi connectivity index (χ0v) is 15.7. The van der Waals surface area contributed by atoms with Gasteiger partial charge in [-0.3, -0.25) is 9.59 Å². The molecule has 0 fully saturated rings. The molecule has 27 heavy (non-hydrogen) atoms. The minimum absolute atomic E-state index is 0.185. The molecule has 0 saturated carbocycles. The first kappa shape index (κ1) is 19.8. The Morgan fingerprint density at radius 3 is 2.00 bits per heavy atom. The van der Waals surface area contributed by atoms with Crippen LogP contribution in [0.3, 0.4) is 0 Å². The van der Waals surface area contributed by atoms with Crippen molar-refractivity contribution in [2.75, 3.05) is 33.7 Å². The summed E-state index contributed by atoms with van der Waals surface area (Å²) >= 11 is 0. The Labute approximate surface area is 157 Å². The van der Waals surface area contributed by atoms with Gasteiger partial charge in [0.15, 0.2) is 11.5 Å². The minimum atomic E-state index is -0.309. The van der Waals surface area contributed by atoms with Gasteiger partial charge >= 0.3 is 0 Å². The van der Waals surface area contributed by atoms with Crippen molar-refractivity contribution < 1.29 is 23.8 Å². The van der Waals surface area contributed by atoms with Crippen LogP contribution in [0, 0.1) is 0 Å². The molecular weight excluding hydrogens is 348 g/mol. The lowest BCUT2D eigenvalue weighted by molar-refractivity contribution is -0.111. The van der Waals surface area contributed by atoms with E-state index in [9.17, 15) is 9.59 Å². The number of carbonyl (C=O) groups is 2. The molecule has 2 aromatic rings. The first-order valence-electron chi connectivity index (χ1n) is 8.13. The van der Waals surface area contributed by atoms with Crippen LogP contribution in [0.1, 0.15) is 15.9 Å². The monoisotopic (exact) mass is 370 g/mol. The van der Waals surface area contributed by atoms with Gasteiger partial charge in [0.25, 0.3) is 5.91 Å². The van der Waals surface area contributed by atoms with Crippen molar-refractivity contribution in [2.45, 2.75) is 0 Å². The SMILES string of the molecule is CNC(=O)c1ccc(NC(=O)/C=C/c2cc(OC)c(OC)c(OC)c2)cc1. The largest absolute Gasteiger partial charge is 0.493 e. The molecule has 2 amide bonds. The Kier molecular flexibility index (Phi) is 6.82. The van der Waals surface area contributed by atoms with Crippen molar-refractivity contribution in [3.63, 3.8) is 0 Å². The van der Waals surface area contributed by atoms with Crippen LogP contribution in [0.2, 0.25) is 0 Å². The Hall–Kier alpha value is -3.48. The summed E-state index contributed by atoms with van der Waals surface area (Å²) in [6, 6.07) is 10.1. The van der Waals surface area contributed by atoms with Gasteiger partial charge in [-0.15, -0.1) is 0 Å². The molecule has 2 rings (SSSR count). The first-order chi connectivity index (χ1) is 13.0. The molecule has 0 unspecified atom stereocenters. The van der Waals surface area contributed by atoms with Crippen LogP contribution in [0.25, 0.3) is 6.08 Å². The molecular formula is C20H22N2O5. The van der Waals surface area contributed by atoms with Gasteiger partial charge < -0.3 is 24.8 Å². The third-order valence-electron chi connectivity index (χ3n) is 3.76. The average Bonchev–Trinajstić information content (AvgIpc) is 2.71. The average molecular weight is 370 g/mol. The van der Waals surface area contributed by atoms with E-state index in [1.165, 1.54) is 27.4 Å². The Morgan fingerprint density at radius 1 is 0.926 bits per heavy atom. The second-order valence-electron chi connectivity index (χ2n) is 5.44. The van der Waals surface area contributed by atoms with Crippen LogP contribution in [0.5, 0.6) is 17.2 Å². The van der Waals surface area contributed by atoms with Crippen molar-refractivity contribution in [3.8, 4) is 17.2 Å². The van der Waals surface area contributed by atoms with Crippen LogP contribution in [0.15, 0.2) is 42.5 Å².